The van der Waals surface area contributed by atoms with Gasteiger partial charge < -0.3 is 0 Å². The van der Waals surface area contributed by atoms with Crippen molar-refractivity contribution in [2.75, 3.05) is 0 Å². The maximum atomic E-state index is 11.0. The Morgan fingerprint density at radius 1 is 1.16 bits per heavy atom. The maximum Gasteiger partial charge on any atom is 0.168 e. The number of fused-ring (bicyclic) bond motifs is 1. The van der Waals surface area contributed by atoms with Crippen molar-refractivity contribution in [3.05, 3.63) is 53.2 Å². The number of carbonyl (C=O) groups excluding carboxylic acids is 1. The number of pyridine rings is 1. The zero-order valence-electron chi connectivity index (χ0n) is 10.8. The maximum absolute atomic E-state index is 11.0. The molecule has 0 aliphatic carbocycles. The Kier molecular flexibility index (Phi) is 2.63. The molecule has 0 aliphatic heterocycles. The van der Waals surface area contributed by atoms with Crippen molar-refractivity contribution in [1.29, 1.82) is 0 Å². The summed E-state index contributed by atoms with van der Waals surface area (Å²) in [6.07, 6.45) is 2.61. The predicted molar refractivity (Wildman–Crippen MR) is 73.3 cm³/mol. The highest BCUT2D eigenvalue weighted by Crippen LogP contribution is 2.21. The van der Waals surface area contributed by atoms with E-state index in [1.165, 1.54) is 0 Å². The third-order valence-electron chi connectivity index (χ3n) is 3.12. The van der Waals surface area contributed by atoms with Gasteiger partial charge in [0.15, 0.2) is 17.8 Å². The van der Waals surface area contributed by atoms with E-state index in [1.807, 2.05) is 42.5 Å². The van der Waals surface area contributed by atoms with Crippen molar-refractivity contribution in [3.8, 4) is 11.4 Å². The molecule has 0 saturated carbocycles. The molecule has 3 rings (SSSR count). The second kappa shape index (κ2) is 4.31. The second-order valence-corrected chi connectivity index (χ2v) is 4.66. The largest absolute Gasteiger partial charge is 0.298 e. The molecular weight excluding hydrogens is 238 g/mol. The molecule has 2 heterocycles. The summed E-state index contributed by atoms with van der Waals surface area (Å²) in [5.74, 6) is 0.755. The molecular formula is C15H13N3O. The van der Waals surface area contributed by atoms with E-state index in [0.717, 1.165) is 34.4 Å². The van der Waals surface area contributed by atoms with Crippen LogP contribution in [-0.2, 0) is 0 Å². The molecule has 0 bridgehead atoms. The fraction of sp³-hybridized carbons (Fsp3) is 0.133. The highest BCUT2D eigenvalue weighted by molar-refractivity contribution is 5.76. The monoisotopic (exact) mass is 251 g/mol. The molecule has 4 heteroatoms. The van der Waals surface area contributed by atoms with Crippen molar-refractivity contribution in [3.63, 3.8) is 0 Å². The van der Waals surface area contributed by atoms with Crippen LogP contribution >= 0.6 is 0 Å². The normalized spacial score (nSPS) is 10.8. The zero-order chi connectivity index (χ0) is 13.4. The lowest BCUT2D eigenvalue weighted by Gasteiger charge is -2.03. The molecule has 19 heavy (non-hydrogen) atoms. The number of aldehydes is 1. The lowest BCUT2D eigenvalue weighted by Crippen LogP contribution is -1.95. The fourth-order valence-electron chi connectivity index (χ4n) is 2.23. The molecule has 94 valence electrons. The van der Waals surface area contributed by atoms with Crippen molar-refractivity contribution in [1.82, 2.24) is 14.6 Å². The van der Waals surface area contributed by atoms with E-state index in [0.29, 0.717) is 5.56 Å². The first kappa shape index (κ1) is 11.6. The van der Waals surface area contributed by atoms with Gasteiger partial charge in [0.2, 0.25) is 0 Å². The molecule has 0 aliphatic rings. The first-order valence-electron chi connectivity index (χ1n) is 6.06. The average Bonchev–Trinajstić information content (AvgIpc) is 2.83. The van der Waals surface area contributed by atoms with Crippen LogP contribution in [0.1, 0.15) is 21.5 Å². The summed E-state index contributed by atoms with van der Waals surface area (Å²) in [6, 6.07) is 9.89. The summed E-state index contributed by atoms with van der Waals surface area (Å²) in [5.41, 5.74) is 4.50. The lowest BCUT2D eigenvalue weighted by molar-refractivity contribution is 0.112. The molecule has 0 saturated heterocycles. The number of aryl methyl sites for hydroxylation is 2. The van der Waals surface area contributed by atoms with Crippen molar-refractivity contribution in [2.24, 2.45) is 0 Å². The minimum Gasteiger partial charge on any atom is -0.298 e. The van der Waals surface area contributed by atoms with E-state index in [4.69, 9.17) is 0 Å². The van der Waals surface area contributed by atoms with E-state index < -0.39 is 0 Å². The van der Waals surface area contributed by atoms with Crippen LogP contribution in [0.2, 0.25) is 0 Å². The number of carbonyl (C=O) groups is 1. The van der Waals surface area contributed by atoms with E-state index in [2.05, 4.69) is 16.3 Å². The van der Waals surface area contributed by atoms with Crippen LogP contribution in [0, 0.1) is 13.8 Å². The van der Waals surface area contributed by atoms with Gasteiger partial charge in [0.05, 0.1) is 0 Å². The Labute approximate surface area is 110 Å². The van der Waals surface area contributed by atoms with Crippen LogP contribution in [0.15, 0.2) is 36.5 Å². The average molecular weight is 251 g/mol. The van der Waals surface area contributed by atoms with Crippen molar-refractivity contribution in [2.45, 2.75) is 13.8 Å². The van der Waals surface area contributed by atoms with E-state index in [-0.39, 0.29) is 0 Å². The number of hydrogen-bond donors (Lipinski definition) is 0. The van der Waals surface area contributed by atoms with Crippen LogP contribution in [0.4, 0.5) is 0 Å². The topological polar surface area (TPSA) is 47.3 Å². The quantitative estimate of drug-likeness (QED) is 0.658. The summed E-state index contributed by atoms with van der Waals surface area (Å²) in [4.78, 5) is 11.0. The highest BCUT2D eigenvalue weighted by atomic mass is 16.1. The lowest BCUT2D eigenvalue weighted by atomic mass is 10.1. The van der Waals surface area contributed by atoms with Crippen LogP contribution in [0.25, 0.3) is 17.0 Å². The summed E-state index contributed by atoms with van der Waals surface area (Å²) in [7, 11) is 0. The number of hydrogen-bond acceptors (Lipinski definition) is 3. The van der Waals surface area contributed by atoms with Gasteiger partial charge in [-0.15, -0.1) is 10.2 Å². The SMILES string of the molecule is Cc1cccc(-c2nnc3c(C)cc(C=O)cn23)c1. The van der Waals surface area contributed by atoms with Gasteiger partial charge in [0.1, 0.15) is 0 Å². The predicted octanol–water partition coefficient (Wildman–Crippen LogP) is 2.83. The number of aromatic nitrogens is 3. The van der Waals surface area contributed by atoms with Crippen LogP contribution < -0.4 is 0 Å². The molecule has 1 aromatic carbocycles. The van der Waals surface area contributed by atoms with Gasteiger partial charge in [-0.05, 0) is 31.5 Å². The van der Waals surface area contributed by atoms with Crippen LogP contribution in [0.5, 0.6) is 0 Å². The van der Waals surface area contributed by atoms with Gasteiger partial charge in [-0.3, -0.25) is 9.20 Å². The molecule has 0 radical (unpaired) electrons. The van der Waals surface area contributed by atoms with Gasteiger partial charge in [-0.25, -0.2) is 0 Å². The van der Waals surface area contributed by atoms with Crippen LogP contribution in [0.3, 0.4) is 0 Å². The molecule has 0 fully saturated rings. The fourth-order valence-corrected chi connectivity index (χ4v) is 2.23. The number of rotatable bonds is 2. The Bertz CT molecular complexity index is 774. The molecule has 3 aromatic rings. The molecule has 0 atom stereocenters. The summed E-state index contributed by atoms with van der Waals surface area (Å²) in [6.45, 7) is 3.96. The first-order valence-corrected chi connectivity index (χ1v) is 6.06. The third-order valence-corrected chi connectivity index (χ3v) is 3.12. The standard InChI is InChI=1S/C15H13N3O/c1-10-4-3-5-13(6-10)15-17-16-14-11(2)7-12(9-19)8-18(14)15/h3-9H,1-2H3. The van der Waals surface area contributed by atoms with E-state index >= 15 is 0 Å². The molecule has 2 aromatic heterocycles. The Morgan fingerprint density at radius 2 is 2.00 bits per heavy atom. The van der Waals surface area contributed by atoms with Crippen LogP contribution in [-0.4, -0.2) is 20.9 Å². The third kappa shape index (κ3) is 1.91. The summed E-state index contributed by atoms with van der Waals surface area (Å²) < 4.78 is 1.87. The van der Waals surface area contributed by atoms with Gasteiger partial charge in [-0.1, -0.05) is 23.8 Å². The van der Waals surface area contributed by atoms with E-state index in [9.17, 15) is 4.79 Å². The van der Waals surface area contributed by atoms with Gasteiger partial charge in [-0.2, -0.15) is 0 Å². The Balaban J connectivity index is 2.30. The molecule has 4 nitrogen and oxygen atoms in total. The Morgan fingerprint density at radius 3 is 2.74 bits per heavy atom. The van der Waals surface area contributed by atoms with E-state index in [1.54, 1.807) is 6.20 Å². The summed E-state index contributed by atoms with van der Waals surface area (Å²) in [5, 5.41) is 8.44. The Hall–Kier alpha value is -2.49. The molecule has 0 N–H and O–H groups in total. The number of benzene rings is 1. The molecule has 0 spiro atoms. The van der Waals surface area contributed by atoms with Crippen molar-refractivity contribution >= 4 is 11.9 Å². The molecule has 0 amide bonds. The summed E-state index contributed by atoms with van der Waals surface area (Å²) >= 11 is 0. The first-order chi connectivity index (χ1) is 9.19. The van der Waals surface area contributed by atoms with Gasteiger partial charge >= 0.3 is 0 Å². The van der Waals surface area contributed by atoms with Gasteiger partial charge in [0.25, 0.3) is 0 Å². The highest BCUT2D eigenvalue weighted by Gasteiger charge is 2.10. The minimum atomic E-state index is 0.624. The molecule has 0 unspecified atom stereocenters. The second-order valence-electron chi connectivity index (χ2n) is 4.66. The minimum absolute atomic E-state index is 0.624. The number of nitrogens with zero attached hydrogens (tertiary/aromatic N) is 3. The zero-order valence-corrected chi connectivity index (χ0v) is 10.8. The van der Waals surface area contributed by atoms with Crippen molar-refractivity contribution < 1.29 is 4.79 Å². The van der Waals surface area contributed by atoms with Gasteiger partial charge in [0, 0.05) is 17.3 Å². The smallest absolute Gasteiger partial charge is 0.168 e.